The van der Waals surface area contributed by atoms with Gasteiger partial charge in [-0.15, -0.1) is 0 Å². The van der Waals surface area contributed by atoms with E-state index in [-0.39, 0.29) is 6.04 Å². The summed E-state index contributed by atoms with van der Waals surface area (Å²) in [7, 11) is 11.4. The topological polar surface area (TPSA) is 86.2 Å². The van der Waals surface area contributed by atoms with Crippen molar-refractivity contribution in [2.75, 3.05) is 56.4 Å². The molecule has 1 aliphatic heterocycles. The molecule has 0 spiro atoms. The fourth-order valence-electron chi connectivity index (χ4n) is 5.99. The van der Waals surface area contributed by atoms with Gasteiger partial charge in [0.15, 0.2) is 0 Å². The molecule has 0 bridgehead atoms. The Hall–Kier alpha value is -4.53. The molecule has 1 heterocycles. The summed E-state index contributed by atoms with van der Waals surface area (Å²) in [5.41, 5.74) is 3.07. The second kappa shape index (κ2) is 12.0. The summed E-state index contributed by atoms with van der Waals surface area (Å²) in [5, 5.41) is 2.93. The lowest BCUT2D eigenvalue weighted by molar-refractivity contribution is 0.292. The molecule has 5 rings (SSSR count). The van der Waals surface area contributed by atoms with Crippen molar-refractivity contribution in [3.8, 4) is 51.4 Å². The van der Waals surface area contributed by atoms with Crippen LogP contribution in [0.1, 0.15) is 25.0 Å². The molecule has 228 valence electrons. The van der Waals surface area contributed by atoms with Gasteiger partial charge >= 0.3 is 0 Å². The monoisotopic (exact) mass is 589 g/mol. The highest BCUT2D eigenvalue weighted by Crippen LogP contribution is 2.56. The lowest BCUT2D eigenvalue weighted by Gasteiger charge is -2.25. The number of benzene rings is 4. The highest BCUT2D eigenvalue weighted by Gasteiger charge is 2.33. The molecular formula is C34H39NO8. The third-order valence-electron chi connectivity index (χ3n) is 8.13. The number of nitrogens with zero attached hydrogens (tertiary/aromatic N) is 1. The smallest absolute Gasteiger partial charge is 0.217 e. The van der Waals surface area contributed by atoms with Crippen molar-refractivity contribution in [3.05, 3.63) is 41.5 Å². The molecule has 0 radical (unpaired) electrons. The largest absolute Gasteiger partial charge is 0.496 e. The molecule has 0 N–H and O–H groups in total. The lowest BCUT2D eigenvalue weighted by Crippen LogP contribution is -2.13. The number of aliphatic imine (C=N–C) groups is 1. The van der Waals surface area contributed by atoms with Crippen LogP contribution in [0.3, 0.4) is 0 Å². The maximum atomic E-state index is 6.30. The number of hydrogen-bond acceptors (Lipinski definition) is 9. The molecule has 1 atom stereocenters. The van der Waals surface area contributed by atoms with Gasteiger partial charge in [0.1, 0.15) is 46.9 Å². The van der Waals surface area contributed by atoms with Gasteiger partial charge in [-0.25, -0.2) is 4.99 Å². The van der Waals surface area contributed by atoms with E-state index in [1.807, 2.05) is 37.3 Å². The fourth-order valence-corrected chi connectivity index (χ4v) is 5.99. The van der Waals surface area contributed by atoms with E-state index < -0.39 is 0 Å². The predicted octanol–water partition coefficient (Wildman–Crippen LogP) is 6.83. The normalized spacial score (nSPS) is 14.5. The molecule has 4 aromatic carbocycles. The van der Waals surface area contributed by atoms with Crippen LogP contribution < -0.4 is 33.2 Å². The summed E-state index contributed by atoms with van der Waals surface area (Å²) < 4.78 is 48.2. The van der Waals surface area contributed by atoms with Gasteiger partial charge in [0.2, 0.25) is 5.90 Å². The lowest BCUT2D eigenvalue weighted by atomic mass is 9.86. The van der Waals surface area contributed by atoms with Crippen molar-refractivity contribution in [1.82, 2.24) is 0 Å². The maximum Gasteiger partial charge on any atom is 0.217 e. The first-order chi connectivity index (χ1) is 20.8. The molecule has 9 nitrogen and oxygen atoms in total. The summed E-state index contributed by atoms with van der Waals surface area (Å²) in [6.07, 6.45) is 0. The van der Waals surface area contributed by atoms with Crippen LogP contribution in [0, 0.1) is 12.8 Å². The van der Waals surface area contributed by atoms with Crippen molar-refractivity contribution in [2.24, 2.45) is 10.9 Å². The molecule has 9 heteroatoms. The van der Waals surface area contributed by atoms with E-state index in [0.717, 1.165) is 38.4 Å². The van der Waals surface area contributed by atoms with Gasteiger partial charge in [0, 0.05) is 27.6 Å². The van der Waals surface area contributed by atoms with Crippen molar-refractivity contribution < 1.29 is 37.9 Å². The molecule has 0 aliphatic carbocycles. The molecule has 4 aromatic rings. The Morgan fingerprint density at radius 2 is 1.12 bits per heavy atom. The zero-order valence-corrected chi connectivity index (χ0v) is 26.5. The molecule has 0 aromatic heterocycles. The Morgan fingerprint density at radius 3 is 1.58 bits per heavy atom. The van der Waals surface area contributed by atoms with Gasteiger partial charge < -0.3 is 37.9 Å². The predicted molar refractivity (Wildman–Crippen MR) is 169 cm³/mol. The molecule has 0 fully saturated rings. The summed E-state index contributed by atoms with van der Waals surface area (Å²) in [6.45, 7) is 6.74. The highest BCUT2D eigenvalue weighted by molar-refractivity contribution is 6.19. The van der Waals surface area contributed by atoms with Crippen LogP contribution in [0.15, 0.2) is 35.3 Å². The van der Waals surface area contributed by atoms with E-state index in [4.69, 9.17) is 42.9 Å². The van der Waals surface area contributed by atoms with Crippen LogP contribution in [0.5, 0.6) is 40.2 Å². The molecule has 0 saturated carbocycles. The molecule has 0 saturated heterocycles. The van der Waals surface area contributed by atoms with Crippen LogP contribution in [0.4, 0.5) is 0 Å². The van der Waals surface area contributed by atoms with Crippen molar-refractivity contribution >= 4 is 27.4 Å². The molecular weight excluding hydrogens is 550 g/mol. The first kappa shape index (κ1) is 29.9. The zero-order valence-electron chi connectivity index (χ0n) is 26.5. The molecule has 0 unspecified atom stereocenters. The summed E-state index contributed by atoms with van der Waals surface area (Å²) in [5.74, 6) is 5.05. The first-order valence-corrected chi connectivity index (χ1v) is 14.1. The van der Waals surface area contributed by atoms with Gasteiger partial charge in [-0.05, 0) is 43.2 Å². The Balaban J connectivity index is 2.10. The average molecular weight is 590 g/mol. The van der Waals surface area contributed by atoms with E-state index in [1.165, 1.54) is 0 Å². The number of ether oxygens (including phenoxy) is 8. The Morgan fingerprint density at radius 1 is 0.628 bits per heavy atom. The van der Waals surface area contributed by atoms with Crippen molar-refractivity contribution in [2.45, 2.75) is 26.8 Å². The highest BCUT2D eigenvalue weighted by atomic mass is 16.5. The van der Waals surface area contributed by atoms with Gasteiger partial charge in [-0.2, -0.15) is 0 Å². The van der Waals surface area contributed by atoms with Crippen molar-refractivity contribution in [3.63, 3.8) is 0 Å². The van der Waals surface area contributed by atoms with Crippen LogP contribution >= 0.6 is 0 Å². The second-order valence-corrected chi connectivity index (χ2v) is 10.6. The zero-order chi connectivity index (χ0) is 31.0. The third-order valence-corrected chi connectivity index (χ3v) is 8.13. The van der Waals surface area contributed by atoms with Gasteiger partial charge in [0.05, 0.1) is 72.0 Å². The van der Waals surface area contributed by atoms with Crippen LogP contribution in [-0.2, 0) is 4.74 Å². The second-order valence-electron chi connectivity index (χ2n) is 10.6. The van der Waals surface area contributed by atoms with E-state index in [9.17, 15) is 0 Å². The first-order valence-electron chi connectivity index (χ1n) is 14.1. The Kier molecular flexibility index (Phi) is 8.35. The Labute approximate surface area is 252 Å². The summed E-state index contributed by atoms with van der Waals surface area (Å²) in [6, 6.07) is 9.42. The van der Waals surface area contributed by atoms with Crippen LogP contribution in [0.2, 0.25) is 0 Å². The standard InChI is InChI=1S/C34H39NO8/c1-17(2)20-16-43-34(35-20)19-15-25(40-8)28-21(36-4)11-12-22(37-5)29(28)27(19)26-18(3)32(41-9)30-23(38-6)13-14-24(39-7)31(30)33(26)42-10/h11-15,17,20H,16H2,1-10H3/t20-/m1/s1. The number of rotatable bonds is 10. The maximum absolute atomic E-state index is 6.30. The molecule has 0 amide bonds. The average Bonchev–Trinajstić information content (AvgIpc) is 3.53. The molecule has 43 heavy (non-hydrogen) atoms. The van der Waals surface area contributed by atoms with Crippen LogP contribution in [0.25, 0.3) is 32.7 Å². The quantitative estimate of drug-likeness (QED) is 0.199. The van der Waals surface area contributed by atoms with E-state index in [1.54, 1.807) is 49.8 Å². The van der Waals surface area contributed by atoms with Crippen LogP contribution in [-0.4, -0.2) is 68.3 Å². The number of methoxy groups -OCH3 is 7. The number of fused-ring (bicyclic) bond motifs is 2. The fraction of sp³-hybridized carbons (Fsp3) is 0.382. The molecule has 1 aliphatic rings. The van der Waals surface area contributed by atoms with E-state index in [0.29, 0.717) is 64.1 Å². The SMILES string of the molecule is COc1ccc(OC)c2c(-c3c(C)c(OC)c4c(OC)ccc(OC)c4c3OC)c(C3=N[C@@H](C(C)C)CO3)cc(OC)c12. The summed E-state index contributed by atoms with van der Waals surface area (Å²) in [4.78, 5) is 5.03. The van der Waals surface area contributed by atoms with Crippen molar-refractivity contribution in [1.29, 1.82) is 0 Å². The van der Waals surface area contributed by atoms with Gasteiger partial charge in [0.25, 0.3) is 0 Å². The van der Waals surface area contributed by atoms with Gasteiger partial charge in [-0.3, -0.25) is 0 Å². The number of hydrogen-bond donors (Lipinski definition) is 0. The van der Waals surface area contributed by atoms with E-state index >= 15 is 0 Å². The third kappa shape index (κ3) is 4.67. The van der Waals surface area contributed by atoms with E-state index in [2.05, 4.69) is 13.8 Å². The Bertz CT molecular complexity index is 1730. The summed E-state index contributed by atoms with van der Waals surface area (Å²) >= 11 is 0. The minimum Gasteiger partial charge on any atom is -0.496 e. The minimum absolute atomic E-state index is 0.00948. The minimum atomic E-state index is 0.00948. The van der Waals surface area contributed by atoms with Gasteiger partial charge in [-0.1, -0.05) is 13.8 Å².